The molecule has 2 rings (SSSR count). The summed E-state index contributed by atoms with van der Waals surface area (Å²) < 4.78 is 5.78. The SMILES string of the molecule is Cc1cccc(OCCNc2ccc(N)cc2)c1C. The maximum Gasteiger partial charge on any atom is 0.122 e. The minimum absolute atomic E-state index is 0.634. The molecule has 0 atom stereocenters. The minimum atomic E-state index is 0.634. The number of hydrogen-bond donors (Lipinski definition) is 2. The van der Waals surface area contributed by atoms with Gasteiger partial charge in [-0.15, -0.1) is 0 Å². The Labute approximate surface area is 114 Å². The molecule has 3 nitrogen and oxygen atoms in total. The molecule has 0 aliphatic heterocycles. The number of anilines is 2. The van der Waals surface area contributed by atoms with Gasteiger partial charge < -0.3 is 15.8 Å². The molecule has 2 aromatic rings. The second-order valence-electron chi connectivity index (χ2n) is 4.60. The minimum Gasteiger partial charge on any atom is -0.491 e. The summed E-state index contributed by atoms with van der Waals surface area (Å²) in [4.78, 5) is 0. The Hall–Kier alpha value is -2.16. The largest absolute Gasteiger partial charge is 0.491 e. The van der Waals surface area contributed by atoms with Crippen molar-refractivity contribution in [1.29, 1.82) is 0 Å². The van der Waals surface area contributed by atoms with Crippen LogP contribution >= 0.6 is 0 Å². The van der Waals surface area contributed by atoms with Crippen molar-refractivity contribution in [2.24, 2.45) is 0 Å². The average molecular weight is 256 g/mol. The lowest BCUT2D eigenvalue weighted by Gasteiger charge is -2.12. The third-order valence-corrected chi connectivity index (χ3v) is 3.15. The van der Waals surface area contributed by atoms with E-state index < -0.39 is 0 Å². The van der Waals surface area contributed by atoms with Crippen LogP contribution in [0.4, 0.5) is 11.4 Å². The maximum atomic E-state index is 5.78. The van der Waals surface area contributed by atoms with Gasteiger partial charge in [-0.25, -0.2) is 0 Å². The standard InChI is InChI=1S/C16H20N2O/c1-12-4-3-5-16(13(12)2)19-11-10-18-15-8-6-14(17)7-9-15/h3-9,18H,10-11,17H2,1-2H3. The third-order valence-electron chi connectivity index (χ3n) is 3.15. The van der Waals surface area contributed by atoms with Crippen molar-refractivity contribution in [1.82, 2.24) is 0 Å². The highest BCUT2D eigenvalue weighted by Crippen LogP contribution is 2.20. The molecule has 100 valence electrons. The van der Waals surface area contributed by atoms with Gasteiger partial charge in [-0.05, 0) is 55.3 Å². The fourth-order valence-electron chi connectivity index (χ4n) is 1.84. The molecule has 0 heterocycles. The molecule has 0 radical (unpaired) electrons. The van der Waals surface area contributed by atoms with Crippen LogP contribution in [0.1, 0.15) is 11.1 Å². The summed E-state index contributed by atoms with van der Waals surface area (Å²) in [6.45, 7) is 5.57. The van der Waals surface area contributed by atoms with Crippen molar-refractivity contribution in [3.05, 3.63) is 53.6 Å². The quantitative estimate of drug-likeness (QED) is 0.637. The van der Waals surface area contributed by atoms with Crippen LogP contribution in [0.2, 0.25) is 0 Å². The molecule has 0 spiro atoms. The van der Waals surface area contributed by atoms with E-state index in [1.807, 2.05) is 36.4 Å². The van der Waals surface area contributed by atoms with Crippen molar-refractivity contribution >= 4 is 11.4 Å². The molecule has 3 N–H and O–H groups in total. The van der Waals surface area contributed by atoms with Gasteiger partial charge in [-0.1, -0.05) is 12.1 Å². The van der Waals surface area contributed by atoms with E-state index in [9.17, 15) is 0 Å². The van der Waals surface area contributed by atoms with Crippen LogP contribution in [0, 0.1) is 13.8 Å². The first-order valence-corrected chi connectivity index (χ1v) is 6.45. The predicted molar refractivity (Wildman–Crippen MR) is 80.8 cm³/mol. The van der Waals surface area contributed by atoms with Crippen LogP contribution in [-0.2, 0) is 0 Å². The fourth-order valence-corrected chi connectivity index (χ4v) is 1.84. The van der Waals surface area contributed by atoms with Crippen LogP contribution < -0.4 is 15.8 Å². The summed E-state index contributed by atoms with van der Waals surface area (Å²) in [7, 11) is 0. The molecule has 19 heavy (non-hydrogen) atoms. The molecule has 0 aromatic heterocycles. The van der Waals surface area contributed by atoms with Gasteiger partial charge in [0.15, 0.2) is 0 Å². The van der Waals surface area contributed by atoms with E-state index in [1.165, 1.54) is 11.1 Å². The number of nitrogens with one attached hydrogen (secondary N) is 1. The van der Waals surface area contributed by atoms with Crippen LogP contribution in [-0.4, -0.2) is 13.2 Å². The van der Waals surface area contributed by atoms with E-state index in [1.54, 1.807) is 0 Å². The summed E-state index contributed by atoms with van der Waals surface area (Å²) in [5.41, 5.74) is 9.92. The second-order valence-corrected chi connectivity index (χ2v) is 4.60. The van der Waals surface area contributed by atoms with Crippen LogP contribution in [0.25, 0.3) is 0 Å². The summed E-state index contributed by atoms with van der Waals surface area (Å²) in [5, 5.41) is 3.30. The molecule has 0 fully saturated rings. The number of nitrogens with two attached hydrogens (primary N) is 1. The van der Waals surface area contributed by atoms with Crippen molar-refractivity contribution in [2.45, 2.75) is 13.8 Å². The van der Waals surface area contributed by atoms with Gasteiger partial charge in [0.25, 0.3) is 0 Å². The Bertz CT molecular complexity index is 535. The molecule has 0 bridgehead atoms. The first-order chi connectivity index (χ1) is 9.16. The Morgan fingerprint density at radius 3 is 2.53 bits per heavy atom. The number of aryl methyl sites for hydroxylation is 1. The molecule has 2 aromatic carbocycles. The van der Waals surface area contributed by atoms with Gasteiger partial charge in [0, 0.05) is 17.9 Å². The zero-order valence-electron chi connectivity index (χ0n) is 11.4. The fraction of sp³-hybridized carbons (Fsp3) is 0.250. The number of nitrogen functional groups attached to an aromatic ring is 1. The Kier molecular flexibility index (Phi) is 4.29. The molecule has 0 saturated heterocycles. The van der Waals surface area contributed by atoms with E-state index in [0.29, 0.717) is 6.61 Å². The maximum absolute atomic E-state index is 5.78. The monoisotopic (exact) mass is 256 g/mol. The Balaban J connectivity index is 1.81. The highest BCUT2D eigenvalue weighted by molar-refractivity contribution is 5.51. The predicted octanol–water partition coefficient (Wildman–Crippen LogP) is 3.38. The summed E-state index contributed by atoms with van der Waals surface area (Å²) in [6, 6.07) is 13.8. The molecule has 0 aliphatic carbocycles. The van der Waals surface area contributed by atoms with Crippen LogP contribution in [0.3, 0.4) is 0 Å². The number of ether oxygens (including phenoxy) is 1. The lowest BCUT2D eigenvalue weighted by atomic mass is 10.1. The van der Waals surface area contributed by atoms with Crippen LogP contribution in [0.15, 0.2) is 42.5 Å². The Morgan fingerprint density at radius 2 is 1.79 bits per heavy atom. The first kappa shape index (κ1) is 13.3. The topological polar surface area (TPSA) is 47.3 Å². The van der Waals surface area contributed by atoms with Gasteiger partial charge in [-0.2, -0.15) is 0 Å². The van der Waals surface area contributed by atoms with Gasteiger partial charge >= 0.3 is 0 Å². The number of benzene rings is 2. The van der Waals surface area contributed by atoms with Gasteiger partial charge in [0.2, 0.25) is 0 Å². The molecule has 0 unspecified atom stereocenters. The van der Waals surface area contributed by atoms with Gasteiger partial charge in [0.1, 0.15) is 12.4 Å². The van der Waals surface area contributed by atoms with Crippen molar-refractivity contribution in [3.8, 4) is 5.75 Å². The normalized spacial score (nSPS) is 10.2. The zero-order chi connectivity index (χ0) is 13.7. The summed E-state index contributed by atoms with van der Waals surface area (Å²) in [5.74, 6) is 0.958. The molecular weight excluding hydrogens is 236 g/mol. The molecular formula is C16H20N2O. The molecule has 0 aliphatic rings. The van der Waals surface area contributed by atoms with E-state index in [4.69, 9.17) is 10.5 Å². The number of hydrogen-bond acceptors (Lipinski definition) is 3. The zero-order valence-corrected chi connectivity index (χ0v) is 11.4. The van der Waals surface area contributed by atoms with Crippen molar-refractivity contribution < 1.29 is 4.74 Å². The lowest BCUT2D eigenvalue weighted by Crippen LogP contribution is -2.12. The summed E-state index contributed by atoms with van der Waals surface area (Å²) >= 11 is 0. The highest BCUT2D eigenvalue weighted by Gasteiger charge is 2.01. The Morgan fingerprint density at radius 1 is 1.05 bits per heavy atom. The van der Waals surface area contributed by atoms with Crippen LogP contribution in [0.5, 0.6) is 5.75 Å². The van der Waals surface area contributed by atoms with Gasteiger partial charge in [-0.3, -0.25) is 0 Å². The van der Waals surface area contributed by atoms with Crippen molar-refractivity contribution in [3.63, 3.8) is 0 Å². The molecule has 3 heteroatoms. The highest BCUT2D eigenvalue weighted by atomic mass is 16.5. The molecule has 0 amide bonds. The number of rotatable bonds is 5. The average Bonchev–Trinajstić information content (AvgIpc) is 2.41. The van der Waals surface area contributed by atoms with E-state index in [2.05, 4.69) is 25.2 Å². The smallest absolute Gasteiger partial charge is 0.122 e. The third kappa shape index (κ3) is 3.65. The van der Waals surface area contributed by atoms with E-state index in [-0.39, 0.29) is 0 Å². The first-order valence-electron chi connectivity index (χ1n) is 6.45. The van der Waals surface area contributed by atoms with Gasteiger partial charge in [0.05, 0.1) is 0 Å². The lowest BCUT2D eigenvalue weighted by molar-refractivity contribution is 0.330. The molecule has 0 saturated carbocycles. The summed E-state index contributed by atoms with van der Waals surface area (Å²) in [6.07, 6.45) is 0. The second kappa shape index (κ2) is 6.14. The van der Waals surface area contributed by atoms with Crippen molar-refractivity contribution in [2.75, 3.05) is 24.2 Å². The van der Waals surface area contributed by atoms with E-state index in [0.717, 1.165) is 23.7 Å². The van der Waals surface area contributed by atoms with E-state index >= 15 is 0 Å².